The van der Waals surface area contributed by atoms with Crippen LogP contribution >= 0.6 is 0 Å². The molecule has 0 fully saturated rings. The van der Waals surface area contributed by atoms with E-state index in [2.05, 4.69) is 5.32 Å². The summed E-state index contributed by atoms with van der Waals surface area (Å²) in [5.74, 6) is -2.65. The van der Waals surface area contributed by atoms with Gasteiger partial charge in [0.25, 0.3) is 11.8 Å². The van der Waals surface area contributed by atoms with Crippen molar-refractivity contribution in [3.05, 3.63) is 65.2 Å². The van der Waals surface area contributed by atoms with Crippen molar-refractivity contribution >= 4 is 23.4 Å². The first-order valence-electron chi connectivity index (χ1n) is 8.57. The molecule has 3 amide bonds. The van der Waals surface area contributed by atoms with Crippen molar-refractivity contribution in [2.24, 2.45) is 5.92 Å². The fourth-order valence-corrected chi connectivity index (χ4v) is 3.22. The minimum absolute atomic E-state index is 0.168. The average molecular weight is 390 g/mol. The number of anilines is 1. The van der Waals surface area contributed by atoms with Crippen LogP contribution in [0.5, 0.6) is 0 Å². The van der Waals surface area contributed by atoms with Crippen LogP contribution in [0.1, 0.15) is 40.1 Å². The Hall–Kier alpha value is -3.16. The molecule has 1 aliphatic heterocycles. The van der Waals surface area contributed by atoms with Gasteiger partial charge in [-0.1, -0.05) is 38.1 Å². The van der Waals surface area contributed by atoms with Crippen molar-refractivity contribution in [2.45, 2.75) is 26.1 Å². The highest BCUT2D eigenvalue weighted by molar-refractivity contribution is 6.23. The summed E-state index contributed by atoms with van der Waals surface area (Å²) in [7, 11) is 0. The van der Waals surface area contributed by atoms with E-state index in [-0.39, 0.29) is 11.1 Å². The van der Waals surface area contributed by atoms with E-state index in [9.17, 15) is 27.6 Å². The maximum Gasteiger partial charge on any atom is 0.418 e. The van der Waals surface area contributed by atoms with Crippen LogP contribution in [0.25, 0.3) is 0 Å². The largest absolute Gasteiger partial charge is 0.418 e. The summed E-state index contributed by atoms with van der Waals surface area (Å²) in [6.07, 6.45) is -4.66. The molecule has 2 aromatic rings. The van der Waals surface area contributed by atoms with Crippen molar-refractivity contribution in [1.29, 1.82) is 0 Å². The second-order valence-corrected chi connectivity index (χ2v) is 6.75. The molecule has 0 saturated carbocycles. The van der Waals surface area contributed by atoms with Gasteiger partial charge in [-0.05, 0) is 30.2 Å². The summed E-state index contributed by atoms with van der Waals surface area (Å²) in [5, 5.41) is 2.24. The Kier molecular flexibility index (Phi) is 4.97. The van der Waals surface area contributed by atoms with E-state index in [0.29, 0.717) is 0 Å². The van der Waals surface area contributed by atoms with Crippen molar-refractivity contribution in [1.82, 2.24) is 4.90 Å². The first-order chi connectivity index (χ1) is 13.1. The standard InChI is InChI=1S/C20H17F3N2O3/c1-11(2)16(25-18(27)12-7-3-4-8-13(12)19(25)28)17(26)24-15-10-6-5-9-14(15)20(21,22)23/h3-11,16H,1-2H3,(H,24,26)/t16-/m0/s1. The van der Waals surface area contributed by atoms with Crippen LogP contribution < -0.4 is 5.32 Å². The molecule has 0 bridgehead atoms. The third-order valence-electron chi connectivity index (χ3n) is 4.49. The number of rotatable bonds is 4. The van der Waals surface area contributed by atoms with E-state index in [1.807, 2.05) is 0 Å². The van der Waals surface area contributed by atoms with Crippen molar-refractivity contribution in [3.63, 3.8) is 0 Å². The van der Waals surface area contributed by atoms with Gasteiger partial charge >= 0.3 is 6.18 Å². The Morgan fingerprint density at radius 3 is 1.93 bits per heavy atom. The van der Waals surface area contributed by atoms with Gasteiger partial charge in [0.2, 0.25) is 5.91 Å². The minimum atomic E-state index is -4.66. The van der Waals surface area contributed by atoms with Gasteiger partial charge in [0, 0.05) is 0 Å². The molecular formula is C20H17F3N2O3. The van der Waals surface area contributed by atoms with E-state index in [1.165, 1.54) is 24.3 Å². The Morgan fingerprint density at radius 1 is 0.929 bits per heavy atom. The highest BCUT2D eigenvalue weighted by Crippen LogP contribution is 2.35. The third kappa shape index (κ3) is 3.37. The number of fused-ring (bicyclic) bond motifs is 1. The molecule has 1 aliphatic rings. The van der Waals surface area contributed by atoms with Gasteiger partial charge in [0.1, 0.15) is 6.04 Å². The highest BCUT2D eigenvalue weighted by atomic mass is 19.4. The lowest BCUT2D eigenvalue weighted by Gasteiger charge is -2.28. The lowest BCUT2D eigenvalue weighted by molar-refractivity contribution is -0.137. The highest BCUT2D eigenvalue weighted by Gasteiger charge is 2.44. The van der Waals surface area contributed by atoms with Gasteiger partial charge < -0.3 is 5.32 Å². The maximum absolute atomic E-state index is 13.2. The van der Waals surface area contributed by atoms with Gasteiger partial charge in [0.15, 0.2) is 0 Å². The molecule has 1 heterocycles. The molecule has 0 aromatic heterocycles. The van der Waals surface area contributed by atoms with Crippen molar-refractivity contribution in [3.8, 4) is 0 Å². The summed E-state index contributed by atoms with van der Waals surface area (Å²) in [4.78, 5) is 39.0. The molecule has 0 saturated heterocycles. The first-order valence-corrected chi connectivity index (χ1v) is 8.57. The summed E-state index contributed by atoms with van der Waals surface area (Å²) >= 11 is 0. The second-order valence-electron chi connectivity index (χ2n) is 6.75. The van der Waals surface area contributed by atoms with Crippen LogP contribution in [0.4, 0.5) is 18.9 Å². The smallest absolute Gasteiger partial charge is 0.324 e. The average Bonchev–Trinajstić information content (AvgIpc) is 2.87. The second kappa shape index (κ2) is 7.10. The van der Waals surface area contributed by atoms with E-state index < -0.39 is 47.1 Å². The number of halogens is 3. The number of para-hydroxylation sites is 1. The zero-order valence-electron chi connectivity index (χ0n) is 15.1. The van der Waals surface area contributed by atoms with Gasteiger partial charge in [-0.25, -0.2) is 0 Å². The Balaban J connectivity index is 1.94. The number of alkyl halides is 3. The molecule has 1 N–H and O–H groups in total. The van der Waals surface area contributed by atoms with E-state index in [1.54, 1.807) is 26.0 Å². The van der Waals surface area contributed by atoms with Gasteiger partial charge in [-0.2, -0.15) is 13.2 Å². The molecule has 8 heteroatoms. The Morgan fingerprint density at radius 2 is 1.43 bits per heavy atom. The van der Waals surface area contributed by atoms with Crippen LogP contribution in [-0.2, 0) is 11.0 Å². The summed E-state index contributed by atoms with van der Waals surface area (Å²) < 4.78 is 39.6. The fourth-order valence-electron chi connectivity index (χ4n) is 3.22. The number of carbonyl (C=O) groups is 3. The summed E-state index contributed by atoms with van der Waals surface area (Å²) in [6.45, 7) is 3.23. The molecule has 1 atom stereocenters. The van der Waals surface area contributed by atoms with Crippen LogP contribution in [0.15, 0.2) is 48.5 Å². The zero-order chi connectivity index (χ0) is 20.6. The lowest BCUT2D eigenvalue weighted by atomic mass is 10.0. The van der Waals surface area contributed by atoms with Crippen LogP contribution in [0.3, 0.4) is 0 Å². The minimum Gasteiger partial charge on any atom is -0.324 e. The first kappa shape index (κ1) is 19.6. The molecule has 0 radical (unpaired) electrons. The number of benzene rings is 2. The van der Waals surface area contributed by atoms with Gasteiger partial charge in [0.05, 0.1) is 22.4 Å². The van der Waals surface area contributed by atoms with E-state index >= 15 is 0 Å². The van der Waals surface area contributed by atoms with Crippen LogP contribution in [0, 0.1) is 5.92 Å². The zero-order valence-corrected chi connectivity index (χ0v) is 15.1. The molecule has 0 spiro atoms. The van der Waals surface area contributed by atoms with Gasteiger partial charge in [-0.15, -0.1) is 0 Å². The van der Waals surface area contributed by atoms with Crippen LogP contribution in [-0.4, -0.2) is 28.7 Å². The summed E-state index contributed by atoms with van der Waals surface area (Å²) in [5.41, 5.74) is -1.10. The monoisotopic (exact) mass is 390 g/mol. The molecular weight excluding hydrogens is 373 g/mol. The Labute approximate surface area is 159 Å². The lowest BCUT2D eigenvalue weighted by Crippen LogP contribution is -2.50. The molecule has 5 nitrogen and oxygen atoms in total. The third-order valence-corrected chi connectivity index (χ3v) is 4.49. The number of imide groups is 1. The molecule has 0 unspecified atom stereocenters. The topological polar surface area (TPSA) is 66.5 Å². The van der Waals surface area contributed by atoms with Crippen molar-refractivity contribution < 1.29 is 27.6 Å². The van der Waals surface area contributed by atoms with Gasteiger partial charge in [-0.3, -0.25) is 19.3 Å². The van der Waals surface area contributed by atoms with E-state index in [4.69, 9.17) is 0 Å². The fraction of sp³-hybridized carbons (Fsp3) is 0.250. The SMILES string of the molecule is CC(C)[C@@H](C(=O)Nc1ccccc1C(F)(F)F)N1C(=O)c2ccccc2C1=O. The number of carbonyl (C=O) groups excluding carboxylic acids is 3. The molecule has 2 aromatic carbocycles. The predicted molar refractivity (Wildman–Crippen MR) is 95.6 cm³/mol. The molecule has 3 rings (SSSR count). The maximum atomic E-state index is 13.2. The number of amides is 3. The number of nitrogens with zero attached hydrogens (tertiary/aromatic N) is 1. The molecule has 146 valence electrons. The summed E-state index contributed by atoms with van der Waals surface area (Å²) in [6, 6.07) is 9.43. The number of hydrogen-bond acceptors (Lipinski definition) is 3. The number of nitrogens with one attached hydrogen (secondary N) is 1. The van der Waals surface area contributed by atoms with Crippen LogP contribution in [0.2, 0.25) is 0 Å². The predicted octanol–water partition coefficient (Wildman–Crippen LogP) is 3.96. The molecule has 0 aliphatic carbocycles. The van der Waals surface area contributed by atoms with E-state index in [0.717, 1.165) is 17.0 Å². The normalized spacial score (nSPS) is 15.0. The Bertz CT molecular complexity index is 919. The quantitative estimate of drug-likeness (QED) is 0.804. The number of hydrogen-bond donors (Lipinski definition) is 1. The molecule has 28 heavy (non-hydrogen) atoms. The van der Waals surface area contributed by atoms with Crippen molar-refractivity contribution in [2.75, 3.05) is 5.32 Å².